The van der Waals surface area contributed by atoms with Gasteiger partial charge in [-0.25, -0.2) is 18.7 Å². The van der Waals surface area contributed by atoms with Crippen molar-refractivity contribution in [3.8, 4) is 22.5 Å². The fraction of sp³-hybridized carbons (Fsp3) is 0.0741. The van der Waals surface area contributed by atoms with Crippen LogP contribution in [0.15, 0.2) is 79.1 Å². The number of nitrogen functional groups attached to an aromatic ring is 1. The minimum atomic E-state index is -0.529. The summed E-state index contributed by atoms with van der Waals surface area (Å²) in [5.41, 5.74) is 9.17. The van der Waals surface area contributed by atoms with Crippen LogP contribution in [0.2, 0.25) is 0 Å². The number of hydrogen-bond donors (Lipinski definition) is 2. The van der Waals surface area contributed by atoms with Crippen LogP contribution in [0.25, 0.3) is 33.4 Å². The number of carbonyl (C=O) groups is 1. The monoisotopic (exact) mass is 482 g/mol. The topological polar surface area (TPSA) is 107 Å². The number of pyridine rings is 2. The molecule has 0 bridgehead atoms. The Morgan fingerprint density at radius 3 is 2.39 bits per heavy atom. The molecule has 0 aliphatic heterocycles. The van der Waals surface area contributed by atoms with Gasteiger partial charge in [0.1, 0.15) is 11.6 Å². The van der Waals surface area contributed by atoms with Gasteiger partial charge in [-0.2, -0.15) is 0 Å². The highest BCUT2D eigenvalue weighted by Crippen LogP contribution is 2.32. The zero-order chi connectivity index (χ0) is 25.2. The van der Waals surface area contributed by atoms with Crippen LogP contribution < -0.4 is 11.1 Å². The third kappa shape index (κ3) is 4.58. The number of amides is 1. The van der Waals surface area contributed by atoms with Gasteiger partial charge in [-0.3, -0.25) is 14.8 Å². The number of halogens is 2. The maximum Gasteiger partial charge on any atom is 0.274 e. The summed E-state index contributed by atoms with van der Waals surface area (Å²) in [5, 5.41) is 3.39. The highest BCUT2D eigenvalue weighted by molar-refractivity contribution is 5.98. The van der Waals surface area contributed by atoms with E-state index in [1.165, 1.54) is 18.2 Å². The molecule has 0 aliphatic rings. The number of fused-ring (bicyclic) bond motifs is 1. The first-order valence-electron chi connectivity index (χ1n) is 11.1. The number of aromatic nitrogens is 4. The zero-order valence-electron chi connectivity index (χ0n) is 19.1. The fourth-order valence-electron chi connectivity index (χ4n) is 3.85. The molecule has 0 aliphatic carbocycles. The predicted octanol–water partition coefficient (Wildman–Crippen LogP) is 5.11. The Labute approximate surface area is 205 Å². The maximum absolute atomic E-state index is 13.8. The van der Waals surface area contributed by atoms with E-state index in [2.05, 4.69) is 25.3 Å². The van der Waals surface area contributed by atoms with Crippen LogP contribution in [0, 0.1) is 11.6 Å². The van der Waals surface area contributed by atoms with E-state index in [4.69, 9.17) is 5.73 Å². The summed E-state index contributed by atoms with van der Waals surface area (Å²) in [7, 11) is 0. The zero-order valence-corrected chi connectivity index (χ0v) is 19.1. The third-order valence-electron chi connectivity index (χ3n) is 5.66. The van der Waals surface area contributed by atoms with Gasteiger partial charge in [0, 0.05) is 22.7 Å². The molecule has 0 radical (unpaired) electrons. The minimum Gasteiger partial charge on any atom is -0.382 e. The van der Waals surface area contributed by atoms with Crippen LogP contribution in [-0.2, 0) is 0 Å². The lowest BCUT2D eigenvalue weighted by atomic mass is 10.0. The van der Waals surface area contributed by atoms with Crippen molar-refractivity contribution in [3.63, 3.8) is 0 Å². The van der Waals surface area contributed by atoms with E-state index in [9.17, 15) is 13.6 Å². The molecule has 3 N–H and O–H groups in total. The number of benzene rings is 2. The molecule has 5 aromatic rings. The van der Waals surface area contributed by atoms with E-state index < -0.39 is 23.6 Å². The van der Waals surface area contributed by atoms with Gasteiger partial charge in [0.25, 0.3) is 5.91 Å². The molecule has 1 atom stereocenters. The highest BCUT2D eigenvalue weighted by Gasteiger charge is 2.22. The van der Waals surface area contributed by atoms with E-state index >= 15 is 0 Å². The molecule has 3 aromatic heterocycles. The average Bonchev–Trinajstić information content (AvgIpc) is 2.89. The lowest BCUT2D eigenvalue weighted by Gasteiger charge is -2.16. The first-order valence-corrected chi connectivity index (χ1v) is 11.1. The molecule has 0 saturated carbocycles. The van der Waals surface area contributed by atoms with Gasteiger partial charge in [-0.1, -0.05) is 12.1 Å². The number of nitrogens with zero attached hydrogens (tertiary/aromatic N) is 4. The molecule has 1 amide bonds. The van der Waals surface area contributed by atoms with Crippen LogP contribution in [0.4, 0.5) is 14.6 Å². The van der Waals surface area contributed by atoms with Gasteiger partial charge >= 0.3 is 0 Å². The van der Waals surface area contributed by atoms with Gasteiger partial charge in [0.05, 0.1) is 34.8 Å². The number of carbonyl (C=O) groups excluding carboxylic acids is 1. The summed E-state index contributed by atoms with van der Waals surface area (Å²) in [4.78, 5) is 30.6. The average molecular weight is 482 g/mol. The molecule has 3 heterocycles. The van der Waals surface area contributed by atoms with E-state index in [0.29, 0.717) is 39.1 Å². The Morgan fingerprint density at radius 2 is 1.64 bits per heavy atom. The summed E-state index contributed by atoms with van der Waals surface area (Å²) < 4.78 is 27.4. The van der Waals surface area contributed by atoms with Crippen molar-refractivity contribution in [1.29, 1.82) is 0 Å². The van der Waals surface area contributed by atoms with Gasteiger partial charge in [0.2, 0.25) is 0 Å². The molecule has 36 heavy (non-hydrogen) atoms. The van der Waals surface area contributed by atoms with Crippen molar-refractivity contribution in [2.24, 2.45) is 0 Å². The van der Waals surface area contributed by atoms with Crippen LogP contribution in [-0.4, -0.2) is 25.8 Å². The Bertz CT molecular complexity index is 1580. The van der Waals surface area contributed by atoms with Crippen molar-refractivity contribution in [2.75, 3.05) is 5.73 Å². The minimum absolute atomic E-state index is 0.0730. The van der Waals surface area contributed by atoms with Crippen LogP contribution in [0.3, 0.4) is 0 Å². The standard InChI is InChI=1S/C27H20F2N6O/c1-15(21-4-2-3-11-31-21)33-27(36)25-26(30)35-23(16-5-8-19(28)9-6-16)24(34-25)17-7-10-22-18(12-17)13-20(29)14-32-22/h2-15H,1H3,(H2,30,35)(H,33,36)/t15-/m1/s1. The van der Waals surface area contributed by atoms with Gasteiger partial charge in [0.15, 0.2) is 11.5 Å². The Hall–Kier alpha value is -4.79. The maximum atomic E-state index is 13.8. The van der Waals surface area contributed by atoms with Crippen LogP contribution in [0.1, 0.15) is 29.1 Å². The second-order valence-electron chi connectivity index (χ2n) is 8.17. The fourth-order valence-corrected chi connectivity index (χ4v) is 3.85. The third-order valence-corrected chi connectivity index (χ3v) is 5.66. The molecule has 0 spiro atoms. The summed E-state index contributed by atoms with van der Waals surface area (Å²) in [6, 6.07) is 17.2. The summed E-state index contributed by atoms with van der Waals surface area (Å²) in [5.74, 6) is -1.51. The molecule has 9 heteroatoms. The van der Waals surface area contributed by atoms with Crippen molar-refractivity contribution >= 4 is 22.6 Å². The Morgan fingerprint density at radius 1 is 0.889 bits per heavy atom. The molecule has 0 fully saturated rings. The molecule has 5 rings (SSSR count). The SMILES string of the molecule is C[C@@H](NC(=O)c1nc(-c2ccc3ncc(F)cc3c2)c(-c2ccc(F)cc2)nc1N)c1ccccn1. The predicted molar refractivity (Wildman–Crippen MR) is 133 cm³/mol. The van der Waals surface area contributed by atoms with Crippen molar-refractivity contribution in [2.45, 2.75) is 13.0 Å². The molecular weight excluding hydrogens is 462 g/mol. The Kier molecular flexibility index (Phi) is 6.03. The number of anilines is 1. The van der Waals surface area contributed by atoms with E-state index in [-0.39, 0.29) is 11.5 Å². The first kappa shape index (κ1) is 23.0. The largest absolute Gasteiger partial charge is 0.382 e. The smallest absolute Gasteiger partial charge is 0.274 e. The summed E-state index contributed by atoms with van der Waals surface area (Å²) >= 11 is 0. The van der Waals surface area contributed by atoms with Gasteiger partial charge in [-0.15, -0.1) is 0 Å². The number of nitrogens with one attached hydrogen (secondary N) is 1. The lowest BCUT2D eigenvalue weighted by Crippen LogP contribution is -2.29. The van der Waals surface area contributed by atoms with Gasteiger partial charge in [-0.05, 0) is 61.5 Å². The second kappa shape index (κ2) is 9.46. The first-order chi connectivity index (χ1) is 17.4. The quantitative estimate of drug-likeness (QED) is 0.361. The normalized spacial score (nSPS) is 11.9. The number of nitrogens with two attached hydrogens (primary N) is 1. The molecule has 178 valence electrons. The molecule has 2 aromatic carbocycles. The van der Waals surface area contributed by atoms with Crippen LogP contribution >= 0.6 is 0 Å². The van der Waals surface area contributed by atoms with Crippen molar-refractivity contribution < 1.29 is 13.6 Å². The van der Waals surface area contributed by atoms with Crippen LogP contribution in [0.5, 0.6) is 0 Å². The summed E-state index contributed by atoms with van der Waals surface area (Å²) in [6.45, 7) is 1.79. The van der Waals surface area contributed by atoms with E-state index in [0.717, 1.165) is 6.20 Å². The molecule has 0 saturated heterocycles. The van der Waals surface area contributed by atoms with E-state index in [1.54, 1.807) is 55.6 Å². The lowest BCUT2D eigenvalue weighted by molar-refractivity contribution is 0.0935. The molecule has 0 unspecified atom stereocenters. The van der Waals surface area contributed by atoms with Crippen molar-refractivity contribution in [3.05, 3.63) is 102 Å². The van der Waals surface area contributed by atoms with Crippen molar-refractivity contribution in [1.82, 2.24) is 25.3 Å². The second-order valence-corrected chi connectivity index (χ2v) is 8.17. The molecule has 7 nitrogen and oxygen atoms in total. The van der Waals surface area contributed by atoms with Gasteiger partial charge < -0.3 is 11.1 Å². The summed E-state index contributed by atoms with van der Waals surface area (Å²) in [6.07, 6.45) is 2.78. The number of hydrogen-bond acceptors (Lipinski definition) is 6. The molecular formula is C27H20F2N6O. The number of rotatable bonds is 5. The highest BCUT2D eigenvalue weighted by atomic mass is 19.1. The van der Waals surface area contributed by atoms with E-state index in [1.807, 2.05) is 6.07 Å². The Balaban J connectivity index is 1.62.